The van der Waals surface area contributed by atoms with Crippen molar-refractivity contribution in [3.8, 4) is 0 Å². The first kappa shape index (κ1) is 9.68. The van der Waals surface area contributed by atoms with Crippen molar-refractivity contribution >= 4 is 5.78 Å². The van der Waals surface area contributed by atoms with E-state index in [1.165, 1.54) is 0 Å². The van der Waals surface area contributed by atoms with Gasteiger partial charge in [-0.3, -0.25) is 9.69 Å². The zero-order chi connectivity index (χ0) is 9.19. The monoisotopic (exact) mass is 171 g/mol. The molecule has 0 unspecified atom stereocenters. The number of hydrogen-bond donors (Lipinski definition) is 1. The van der Waals surface area contributed by atoms with E-state index in [9.17, 15) is 9.90 Å². The molecule has 0 aromatic rings. The van der Waals surface area contributed by atoms with Gasteiger partial charge in [0.15, 0.2) is 0 Å². The SMILES string of the molecule is CC(C)(O)CN1CCCC(=O)C1. The summed E-state index contributed by atoms with van der Waals surface area (Å²) in [6, 6.07) is 0. The molecule has 0 spiro atoms. The molecule has 0 aromatic carbocycles. The van der Waals surface area contributed by atoms with Gasteiger partial charge in [0.05, 0.1) is 12.1 Å². The van der Waals surface area contributed by atoms with E-state index in [4.69, 9.17) is 0 Å². The van der Waals surface area contributed by atoms with Gasteiger partial charge >= 0.3 is 0 Å². The lowest BCUT2D eigenvalue weighted by atomic mass is 10.1. The first-order chi connectivity index (χ1) is 5.47. The molecule has 3 nitrogen and oxygen atoms in total. The first-order valence-corrected chi connectivity index (χ1v) is 4.44. The fourth-order valence-electron chi connectivity index (χ4n) is 1.59. The van der Waals surface area contributed by atoms with Gasteiger partial charge in [0.25, 0.3) is 0 Å². The van der Waals surface area contributed by atoms with E-state index >= 15 is 0 Å². The van der Waals surface area contributed by atoms with Gasteiger partial charge in [-0.2, -0.15) is 0 Å². The molecular weight excluding hydrogens is 154 g/mol. The van der Waals surface area contributed by atoms with Gasteiger partial charge in [-0.05, 0) is 26.8 Å². The number of hydrogen-bond acceptors (Lipinski definition) is 3. The number of ketones is 1. The first-order valence-electron chi connectivity index (χ1n) is 4.44. The zero-order valence-corrected chi connectivity index (χ0v) is 7.84. The molecule has 0 aliphatic carbocycles. The summed E-state index contributed by atoms with van der Waals surface area (Å²) in [4.78, 5) is 13.1. The average molecular weight is 171 g/mol. The molecule has 1 aliphatic heterocycles. The van der Waals surface area contributed by atoms with Crippen LogP contribution in [0.1, 0.15) is 26.7 Å². The lowest BCUT2D eigenvalue weighted by molar-refractivity contribution is -0.123. The van der Waals surface area contributed by atoms with Gasteiger partial charge in [0.2, 0.25) is 0 Å². The molecule has 0 aromatic heterocycles. The largest absolute Gasteiger partial charge is 0.389 e. The van der Waals surface area contributed by atoms with Gasteiger partial charge in [-0.15, -0.1) is 0 Å². The highest BCUT2D eigenvalue weighted by Crippen LogP contribution is 2.10. The Labute approximate surface area is 73.4 Å². The fraction of sp³-hybridized carbons (Fsp3) is 0.889. The Morgan fingerprint density at radius 3 is 2.75 bits per heavy atom. The molecule has 70 valence electrons. The summed E-state index contributed by atoms with van der Waals surface area (Å²) in [5, 5.41) is 9.50. The van der Waals surface area contributed by atoms with Crippen LogP contribution in [0.15, 0.2) is 0 Å². The number of likely N-dealkylation sites (tertiary alicyclic amines) is 1. The molecule has 1 N–H and O–H groups in total. The van der Waals surface area contributed by atoms with Crippen LogP contribution in [-0.2, 0) is 4.79 Å². The Balaban J connectivity index is 2.37. The van der Waals surface area contributed by atoms with E-state index in [-0.39, 0.29) is 0 Å². The van der Waals surface area contributed by atoms with Crippen molar-refractivity contribution in [2.45, 2.75) is 32.3 Å². The highest BCUT2D eigenvalue weighted by molar-refractivity contribution is 5.81. The molecule has 0 radical (unpaired) electrons. The minimum atomic E-state index is -0.683. The third kappa shape index (κ3) is 3.32. The molecule has 1 aliphatic rings. The summed E-state index contributed by atoms with van der Waals surface area (Å²) >= 11 is 0. The lowest BCUT2D eigenvalue weighted by Crippen LogP contribution is -2.44. The average Bonchev–Trinajstić information content (AvgIpc) is 1.82. The summed E-state index contributed by atoms with van der Waals surface area (Å²) in [6.45, 7) is 5.59. The summed E-state index contributed by atoms with van der Waals surface area (Å²) in [7, 11) is 0. The Kier molecular flexibility index (Phi) is 2.85. The van der Waals surface area contributed by atoms with Crippen LogP contribution in [-0.4, -0.2) is 41.0 Å². The summed E-state index contributed by atoms with van der Waals surface area (Å²) in [5.41, 5.74) is -0.683. The third-order valence-corrected chi connectivity index (χ3v) is 1.94. The fourth-order valence-corrected chi connectivity index (χ4v) is 1.59. The molecule has 12 heavy (non-hydrogen) atoms. The maximum atomic E-state index is 11.0. The third-order valence-electron chi connectivity index (χ3n) is 1.94. The van der Waals surface area contributed by atoms with Gasteiger partial charge in [-0.1, -0.05) is 0 Å². The number of rotatable bonds is 2. The Morgan fingerprint density at radius 1 is 1.58 bits per heavy atom. The van der Waals surface area contributed by atoms with Crippen molar-refractivity contribution in [2.75, 3.05) is 19.6 Å². The van der Waals surface area contributed by atoms with E-state index in [0.29, 0.717) is 25.3 Å². The number of nitrogens with zero attached hydrogens (tertiary/aromatic N) is 1. The summed E-state index contributed by atoms with van der Waals surface area (Å²) < 4.78 is 0. The van der Waals surface area contributed by atoms with Gasteiger partial charge < -0.3 is 5.11 Å². The number of carbonyl (C=O) groups excluding carboxylic acids is 1. The molecule has 0 bridgehead atoms. The lowest BCUT2D eigenvalue weighted by Gasteiger charge is -2.30. The molecule has 3 heteroatoms. The van der Waals surface area contributed by atoms with Crippen molar-refractivity contribution in [1.82, 2.24) is 4.90 Å². The molecule has 1 heterocycles. The number of Topliss-reactive ketones (excluding diaryl/α,β-unsaturated/α-hetero) is 1. The van der Waals surface area contributed by atoms with Gasteiger partial charge in [0, 0.05) is 13.0 Å². The van der Waals surface area contributed by atoms with Crippen LogP contribution in [0.25, 0.3) is 0 Å². The van der Waals surface area contributed by atoms with Crippen LogP contribution in [0.3, 0.4) is 0 Å². The molecule has 0 saturated carbocycles. The van der Waals surface area contributed by atoms with E-state index in [1.54, 1.807) is 13.8 Å². The normalized spacial score (nSPS) is 21.4. The van der Waals surface area contributed by atoms with Crippen LogP contribution >= 0.6 is 0 Å². The highest BCUT2D eigenvalue weighted by atomic mass is 16.3. The molecule has 1 saturated heterocycles. The molecule has 0 amide bonds. The summed E-state index contributed by atoms with van der Waals surface area (Å²) in [5.74, 6) is 0.297. The number of aliphatic hydroxyl groups is 1. The minimum Gasteiger partial charge on any atom is -0.389 e. The van der Waals surface area contributed by atoms with Crippen molar-refractivity contribution in [2.24, 2.45) is 0 Å². The van der Waals surface area contributed by atoms with E-state index in [1.807, 2.05) is 4.90 Å². The number of β-amino-alcohol motifs (C(OH)–C–C–N with tert-alkyl or cyclic N) is 1. The van der Waals surface area contributed by atoms with Crippen LogP contribution in [0.5, 0.6) is 0 Å². The zero-order valence-electron chi connectivity index (χ0n) is 7.84. The van der Waals surface area contributed by atoms with Crippen LogP contribution in [0.4, 0.5) is 0 Å². The molecule has 0 atom stereocenters. The second-order valence-electron chi connectivity index (χ2n) is 4.17. The Hall–Kier alpha value is -0.410. The highest BCUT2D eigenvalue weighted by Gasteiger charge is 2.22. The topological polar surface area (TPSA) is 40.5 Å². The van der Waals surface area contributed by atoms with E-state index in [2.05, 4.69) is 0 Å². The molecular formula is C9H17NO2. The maximum absolute atomic E-state index is 11.0. The van der Waals surface area contributed by atoms with Crippen molar-refractivity contribution in [3.05, 3.63) is 0 Å². The predicted octanol–water partition coefficient (Wildman–Crippen LogP) is 0.422. The second-order valence-corrected chi connectivity index (χ2v) is 4.17. The van der Waals surface area contributed by atoms with Crippen LogP contribution < -0.4 is 0 Å². The van der Waals surface area contributed by atoms with Gasteiger partial charge in [-0.25, -0.2) is 0 Å². The molecule has 1 rings (SSSR count). The van der Waals surface area contributed by atoms with Crippen molar-refractivity contribution in [3.63, 3.8) is 0 Å². The van der Waals surface area contributed by atoms with Crippen molar-refractivity contribution in [1.29, 1.82) is 0 Å². The van der Waals surface area contributed by atoms with Crippen LogP contribution in [0, 0.1) is 0 Å². The Bertz CT molecular complexity index is 172. The Morgan fingerprint density at radius 2 is 2.25 bits per heavy atom. The maximum Gasteiger partial charge on any atom is 0.146 e. The van der Waals surface area contributed by atoms with E-state index < -0.39 is 5.60 Å². The number of piperidine rings is 1. The van der Waals surface area contributed by atoms with Gasteiger partial charge in [0.1, 0.15) is 5.78 Å². The van der Waals surface area contributed by atoms with E-state index in [0.717, 1.165) is 13.0 Å². The molecule has 1 fully saturated rings. The standard InChI is InChI=1S/C9H17NO2/c1-9(2,12)7-10-5-3-4-8(11)6-10/h12H,3-7H2,1-2H3. The predicted molar refractivity (Wildman–Crippen MR) is 47.0 cm³/mol. The smallest absolute Gasteiger partial charge is 0.146 e. The minimum absolute atomic E-state index is 0.297. The van der Waals surface area contributed by atoms with Crippen molar-refractivity contribution < 1.29 is 9.90 Å². The quantitative estimate of drug-likeness (QED) is 0.654. The van der Waals surface area contributed by atoms with Crippen LogP contribution in [0.2, 0.25) is 0 Å². The number of carbonyl (C=O) groups is 1. The summed E-state index contributed by atoms with van der Waals surface area (Å²) in [6.07, 6.45) is 1.65. The second kappa shape index (κ2) is 3.54.